The molecule has 0 aliphatic heterocycles. The van der Waals surface area contributed by atoms with Gasteiger partial charge in [0.2, 0.25) is 0 Å². The second-order valence-electron chi connectivity index (χ2n) is 11.2. The number of hydrogen-bond donors (Lipinski definition) is 0. The van der Waals surface area contributed by atoms with Crippen molar-refractivity contribution in [2.24, 2.45) is 22.2 Å². The number of rotatable bonds is 11. The second kappa shape index (κ2) is 10.00. The molecule has 0 saturated heterocycles. The van der Waals surface area contributed by atoms with Crippen molar-refractivity contribution in [1.82, 2.24) is 0 Å². The predicted octanol–water partition coefficient (Wildman–Crippen LogP) is 8.97. The van der Waals surface area contributed by atoms with E-state index >= 15 is 0 Å². The van der Waals surface area contributed by atoms with Gasteiger partial charge in [-0.25, -0.2) is 0 Å². The molecule has 4 saturated carbocycles. The smallest absolute Gasteiger partial charge is 0.0689 e. The lowest BCUT2D eigenvalue weighted by Gasteiger charge is -2.58. The maximum Gasteiger partial charge on any atom is 0.0689 e. The van der Waals surface area contributed by atoms with E-state index in [4.69, 9.17) is 0 Å². The van der Waals surface area contributed by atoms with Gasteiger partial charge in [0.1, 0.15) is 0 Å². The molecule has 0 spiro atoms. The molecule has 0 unspecified atom stereocenters. The lowest BCUT2D eigenvalue weighted by Crippen LogP contribution is -2.47. The zero-order valence-electron chi connectivity index (χ0n) is 19.2. The molecule has 2 bridgehead atoms. The van der Waals surface area contributed by atoms with Crippen LogP contribution in [0.3, 0.4) is 0 Å². The summed E-state index contributed by atoms with van der Waals surface area (Å²) in [6, 6.07) is 2.80. The third kappa shape index (κ3) is 4.96. The number of fused-ring (bicyclic) bond motifs is 3. The van der Waals surface area contributed by atoms with Crippen molar-refractivity contribution in [2.45, 2.75) is 142 Å². The lowest BCUT2D eigenvalue weighted by molar-refractivity contribution is -0.0690. The highest BCUT2D eigenvalue weighted by molar-refractivity contribution is 5.07. The SMILES string of the molecule is CCCCCCC12CCC([C@H]3CC[C@@](C#N)(CCCCCC)CC3)(CC1)CC2. The minimum atomic E-state index is 0.0350. The molecule has 1 nitrogen and oxygen atoms in total. The van der Waals surface area contributed by atoms with Gasteiger partial charge in [0.15, 0.2) is 0 Å². The van der Waals surface area contributed by atoms with Crippen molar-refractivity contribution in [2.75, 3.05) is 0 Å². The molecule has 1 heteroatoms. The first kappa shape index (κ1) is 22.2. The van der Waals surface area contributed by atoms with E-state index < -0.39 is 0 Å². The highest BCUT2D eigenvalue weighted by Gasteiger charge is 2.52. The largest absolute Gasteiger partial charge is 0.198 e. The Morgan fingerprint density at radius 2 is 1.21 bits per heavy atom. The monoisotopic (exact) mass is 385 g/mol. The average Bonchev–Trinajstić information content (AvgIpc) is 2.76. The third-order valence-corrected chi connectivity index (χ3v) is 9.58. The van der Waals surface area contributed by atoms with Crippen LogP contribution >= 0.6 is 0 Å². The Kier molecular flexibility index (Phi) is 7.92. The summed E-state index contributed by atoms with van der Waals surface area (Å²) >= 11 is 0. The second-order valence-corrected chi connectivity index (χ2v) is 11.2. The fourth-order valence-corrected chi connectivity index (χ4v) is 7.30. The van der Waals surface area contributed by atoms with Gasteiger partial charge >= 0.3 is 0 Å². The van der Waals surface area contributed by atoms with Crippen LogP contribution in [-0.4, -0.2) is 0 Å². The van der Waals surface area contributed by atoms with Crippen LogP contribution in [-0.2, 0) is 0 Å². The first-order valence-corrected chi connectivity index (χ1v) is 13.0. The summed E-state index contributed by atoms with van der Waals surface area (Å²) in [7, 11) is 0. The topological polar surface area (TPSA) is 23.8 Å². The molecule has 0 amide bonds. The normalized spacial score (nSPS) is 37.7. The van der Waals surface area contributed by atoms with Gasteiger partial charge in [0, 0.05) is 0 Å². The van der Waals surface area contributed by atoms with Gasteiger partial charge in [0.05, 0.1) is 11.5 Å². The van der Waals surface area contributed by atoms with Crippen LogP contribution in [0.25, 0.3) is 0 Å². The van der Waals surface area contributed by atoms with E-state index in [-0.39, 0.29) is 5.41 Å². The minimum absolute atomic E-state index is 0.0350. The van der Waals surface area contributed by atoms with E-state index in [1.54, 1.807) is 0 Å². The van der Waals surface area contributed by atoms with Gasteiger partial charge in [0.25, 0.3) is 0 Å². The Morgan fingerprint density at radius 1 is 0.679 bits per heavy atom. The molecule has 0 N–H and O–H groups in total. The summed E-state index contributed by atoms with van der Waals surface area (Å²) in [4.78, 5) is 0. The number of unbranched alkanes of at least 4 members (excludes halogenated alkanes) is 6. The first-order chi connectivity index (χ1) is 13.6. The van der Waals surface area contributed by atoms with Crippen molar-refractivity contribution >= 4 is 0 Å². The van der Waals surface area contributed by atoms with Crippen molar-refractivity contribution < 1.29 is 0 Å². The summed E-state index contributed by atoms with van der Waals surface area (Å²) in [5, 5.41) is 9.93. The average molecular weight is 386 g/mol. The Hall–Kier alpha value is -0.510. The van der Waals surface area contributed by atoms with Gasteiger partial charge in [-0.05, 0) is 93.8 Å². The summed E-state index contributed by atoms with van der Waals surface area (Å²) in [5.74, 6) is 0.933. The lowest BCUT2D eigenvalue weighted by atomic mass is 9.47. The molecule has 160 valence electrons. The summed E-state index contributed by atoms with van der Waals surface area (Å²) < 4.78 is 0. The Morgan fingerprint density at radius 3 is 1.71 bits per heavy atom. The number of nitrogens with zero attached hydrogens (tertiary/aromatic N) is 1. The highest BCUT2D eigenvalue weighted by Crippen LogP contribution is 2.64. The van der Waals surface area contributed by atoms with E-state index in [1.807, 2.05) is 0 Å². The third-order valence-electron chi connectivity index (χ3n) is 9.58. The summed E-state index contributed by atoms with van der Waals surface area (Å²) in [6.45, 7) is 4.60. The Balaban J connectivity index is 1.47. The summed E-state index contributed by atoms with van der Waals surface area (Å²) in [6.07, 6.45) is 27.9. The Labute approximate surface area is 176 Å². The molecule has 0 aromatic carbocycles. The zero-order valence-corrected chi connectivity index (χ0v) is 19.2. The summed E-state index contributed by atoms with van der Waals surface area (Å²) in [5.41, 5.74) is 1.45. The van der Waals surface area contributed by atoms with Crippen molar-refractivity contribution in [3.8, 4) is 6.07 Å². The van der Waals surface area contributed by atoms with Crippen LogP contribution in [0.15, 0.2) is 0 Å². The molecular weight excluding hydrogens is 338 g/mol. The van der Waals surface area contributed by atoms with Crippen LogP contribution in [0.4, 0.5) is 0 Å². The molecule has 0 aromatic heterocycles. The zero-order chi connectivity index (χ0) is 19.9. The minimum Gasteiger partial charge on any atom is -0.198 e. The molecule has 4 fully saturated rings. The molecule has 28 heavy (non-hydrogen) atoms. The molecule has 0 atom stereocenters. The van der Waals surface area contributed by atoms with Gasteiger partial charge in [-0.3, -0.25) is 0 Å². The maximum atomic E-state index is 9.93. The standard InChI is InChI=1S/C27H47N/c1-3-5-7-9-13-25-17-20-27(21-18-25,22-19-25)24-11-15-26(23-28,16-12-24)14-10-8-6-4-2/h24H,3-22H2,1-2H3/t24-,25?,26-,27?. The van der Waals surface area contributed by atoms with Gasteiger partial charge in [-0.15, -0.1) is 0 Å². The highest BCUT2D eigenvalue weighted by atomic mass is 14.6. The van der Waals surface area contributed by atoms with E-state index in [2.05, 4.69) is 19.9 Å². The molecule has 4 rings (SSSR count). The van der Waals surface area contributed by atoms with Gasteiger partial charge < -0.3 is 0 Å². The number of nitriles is 1. The Bertz CT molecular complexity index is 480. The molecule has 0 heterocycles. The van der Waals surface area contributed by atoms with Crippen molar-refractivity contribution in [3.63, 3.8) is 0 Å². The molecule has 0 radical (unpaired) electrons. The van der Waals surface area contributed by atoms with Crippen LogP contribution in [0, 0.1) is 33.5 Å². The number of hydrogen-bond acceptors (Lipinski definition) is 1. The molecule has 4 aliphatic carbocycles. The maximum absolute atomic E-state index is 9.93. The molecule has 4 aliphatic rings. The van der Waals surface area contributed by atoms with Gasteiger partial charge in [-0.1, -0.05) is 65.2 Å². The van der Waals surface area contributed by atoms with E-state index in [0.717, 1.165) is 11.3 Å². The van der Waals surface area contributed by atoms with E-state index in [9.17, 15) is 5.26 Å². The fraction of sp³-hybridized carbons (Fsp3) is 0.963. The quantitative estimate of drug-likeness (QED) is 0.325. The predicted molar refractivity (Wildman–Crippen MR) is 120 cm³/mol. The molecule has 0 aromatic rings. The van der Waals surface area contributed by atoms with Gasteiger partial charge in [-0.2, -0.15) is 5.26 Å². The van der Waals surface area contributed by atoms with Crippen LogP contribution < -0.4 is 0 Å². The van der Waals surface area contributed by atoms with Crippen molar-refractivity contribution in [3.05, 3.63) is 0 Å². The van der Waals surface area contributed by atoms with Crippen LogP contribution in [0.5, 0.6) is 0 Å². The van der Waals surface area contributed by atoms with E-state index in [1.165, 1.54) is 128 Å². The molecular formula is C27H47N. The first-order valence-electron chi connectivity index (χ1n) is 13.0. The van der Waals surface area contributed by atoms with Crippen molar-refractivity contribution in [1.29, 1.82) is 5.26 Å². The van der Waals surface area contributed by atoms with Crippen LogP contribution in [0.1, 0.15) is 142 Å². The van der Waals surface area contributed by atoms with Crippen LogP contribution in [0.2, 0.25) is 0 Å². The fourth-order valence-electron chi connectivity index (χ4n) is 7.30. The van der Waals surface area contributed by atoms with E-state index in [0.29, 0.717) is 5.41 Å².